The molecule has 1 heterocycles. The van der Waals surface area contributed by atoms with Crippen LogP contribution in [-0.4, -0.2) is 30.4 Å². The average Bonchev–Trinajstić information content (AvgIpc) is 2.69. The Labute approximate surface area is 110 Å². The molecule has 0 aliphatic rings. The summed E-state index contributed by atoms with van der Waals surface area (Å²) in [5.74, 6) is 0.0172. The fraction of sp³-hybridized carbons (Fsp3) is 0.182. The summed E-state index contributed by atoms with van der Waals surface area (Å²) in [4.78, 5) is -0.0504. The Morgan fingerprint density at radius 2 is 1.89 bits per heavy atom. The second kappa shape index (κ2) is 4.47. The molecular weight excluding hydrogens is 268 g/mol. The van der Waals surface area contributed by atoms with Crippen LogP contribution in [0.15, 0.2) is 35.4 Å². The van der Waals surface area contributed by atoms with Gasteiger partial charge >= 0.3 is 0 Å². The molecule has 3 N–H and O–H groups in total. The number of nitrogens with two attached hydrogens (primary N) is 1. The van der Waals surface area contributed by atoms with Crippen LogP contribution in [0.1, 0.15) is 0 Å². The summed E-state index contributed by atoms with van der Waals surface area (Å²) >= 11 is 0. The van der Waals surface area contributed by atoms with Crippen molar-refractivity contribution in [1.29, 1.82) is 0 Å². The Morgan fingerprint density at radius 3 is 2.37 bits per heavy atom. The van der Waals surface area contributed by atoms with Gasteiger partial charge in [0.2, 0.25) is 0 Å². The Morgan fingerprint density at radius 1 is 1.32 bits per heavy atom. The molecule has 0 aliphatic heterocycles. The molecule has 0 saturated carbocycles. The van der Waals surface area contributed by atoms with Crippen LogP contribution in [0, 0.1) is 0 Å². The highest BCUT2D eigenvalue weighted by Gasteiger charge is 2.26. The molecule has 0 radical (unpaired) electrons. The Balaban J connectivity index is 2.45. The molecule has 0 fully saturated rings. The Hall–Kier alpha value is -2.22. The van der Waals surface area contributed by atoms with Crippen LogP contribution in [0.25, 0.3) is 0 Å². The maximum Gasteiger partial charge on any atom is 0.269 e. The first kappa shape index (κ1) is 13.2. The van der Waals surface area contributed by atoms with E-state index < -0.39 is 10.0 Å². The zero-order valence-corrected chi connectivity index (χ0v) is 11.3. The van der Waals surface area contributed by atoms with E-state index in [1.165, 1.54) is 42.2 Å². The molecule has 0 spiro atoms. The van der Waals surface area contributed by atoms with E-state index in [9.17, 15) is 13.5 Å². The number of phenolic OH excluding ortho intramolecular Hbond substituents is 1. The van der Waals surface area contributed by atoms with Crippen LogP contribution in [0.3, 0.4) is 0 Å². The van der Waals surface area contributed by atoms with Crippen LogP contribution >= 0.6 is 0 Å². The fourth-order valence-electron chi connectivity index (χ4n) is 1.63. The number of anilines is 2. The number of rotatable bonds is 3. The van der Waals surface area contributed by atoms with Crippen molar-refractivity contribution in [3.8, 4) is 5.75 Å². The minimum absolute atomic E-state index is 0.0480. The van der Waals surface area contributed by atoms with Crippen molar-refractivity contribution >= 4 is 21.5 Å². The lowest BCUT2D eigenvalue weighted by Gasteiger charge is -2.18. The molecule has 2 aromatic rings. The normalized spacial score (nSPS) is 11.5. The first-order valence-electron chi connectivity index (χ1n) is 5.39. The molecule has 102 valence electrons. The van der Waals surface area contributed by atoms with E-state index in [0.717, 1.165) is 4.31 Å². The maximum absolute atomic E-state index is 12.4. The predicted molar refractivity (Wildman–Crippen MR) is 71.3 cm³/mol. The number of nitrogen functional groups attached to an aromatic ring is 1. The molecule has 0 saturated heterocycles. The Kier molecular flexibility index (Phi) is 3.11. The number of aryl methyl sites for hydroxylation is 1. The highest BCUT2D eigenvalue weighted by molar-refractivity contribution is 7.93. The van der Waals surface area contributed by atoms with E-state index in [2.05, 4.69) is 5.10 Å². The van der Waals surface area contributed by atoms with Crippen molar-refractivity contribution in [2.75, 3.05) is 17.1 Å². The molecule has 1 aromatic heterocycles. The lowest BCUT2D eigenvalue weighted by Crippen LogP contribution is -2.26. The number of benzene rings is 1. The molecule has 7 nitrogen and oxygen atoms in total. The van der Waals surface area contributed by atoms with Gasteiger partial charge in [-0.25, -0.2) is 8.42 Å². The van der Waals surface area contributed by atoms with Crippen molar-refractivity contribution in [3.63, 3.8) is 0 Å². The zero-order valence-electron chi connectivity index (χ0n) is 10.5. The van der Waals surface area contributed by atoms with Crippen LogP contribution in [0.4, 0.5) is 11.5 Å². The molecular formula is C11H14N4O3S. The minimum Gasteiger partial charge on any atom is -0.508 e. The fourth-order valence-corrected chi connectivity index (χ4v) is 2.92. The van der Waals surface area contributed by atoms with Gasteiger partial charge in [0.05, 0.1) is 5.69 Å². The number of aromatic hydroxyl groups is 1. The summed E-state index contributed by atoms with van der Waals surface area (Å²) in [6.07, 6.45) is 1.35. The van der Waals surface area contributed by atoms with E-state index in [1.54, 1.807) is 7.05 Å². The van der Waals surface area contributed by atoms with Crippen LogP contribution in [-0.2, 0) is 17.1 Å². The van der Waals surface area contributed by atoms with Gasteiger partial charge in [-0.2, -0.15) is 5.10 Å². The topological polar surface area (TPSA) is 101 Å². The van der Waals surface area contributed by atoms with Crippen molar-refractivity contribution in [3.05, 3.63) is 30.5 Å². The van der Waals surface area contributed by atoms with Crippen molar-refractivity contribution in [2.45, 2.75) is 4.90 Å². The molecule has 0 unspecified atom stereocenters. The van der Waals surface area contributed by atoms with Gasteiger partial charge in [0, 0.05) is 20.3 Å². The van der Waals surface area contributed by atoms with E-state index in [1.807, 2.05) is 0 Å². The summed E-state index contributed by atoms with van der Waals surface area (Å²) in [7, 11) is -0.767. The smallest absolute Gasteiger partial charge is 0.269 e. The van der Waals surface area contributed by atoms with Gasteiger partial charge in [-0.05, 0) is 24.3 Å². The van der Waals surface area contributed by atoms with Crippen LogP contribution in [0.5, 0.6) is 5.75 Å². The number of aromatic nitrogens is 2. The van der Waals surface area contributed by atoms with Gasteiger partial charge in [0.1, 0.15) is 10.6 Å². The Bertz CT molecular complexity index is 691. The van der Waals surface area contributed by atoms with Crippen molar-refractivity contribution in [2.24, 2.45) is 7.05 Å². The van der Waals surface area contributed by atoms with Crippen LogP contribution < -0.4 is 10.0 Å². The van der Waals surface area contributed by atoms with E-state index in [0.29, 0.717) is 5.69 Å². The number of hydrogen-bond acceptors (Lipinski definition) is 5. The molecule has 2 rings (SSSR count). The van der Waals surface area contributed by atoms with Gasteiger partial charge in [-0.15, -0.1) is 0 Å². The quantitative estimate of drug-likeness (QED) is 0.855. The van der Waals surface area contributed by atoms with Crippen LogP contribution in [0.2, 0.25) is 0 Å². The van der Waals surface area contributed by atoms with Gasteiger partial charge in [0.25, 0.3) is 10.0 Å². The molecule has 0 bridgehead atoms. The molecule has 8 heteroatoms. The highest BCUT2D eigenvalue weighted by Crippen LogP contribution is 2.26. The summed E-state index contributed by atoms with van der Waals surface area (Å²) in [5.41, 5.74) is 6.01. The van der Waals surface area contributed by atoms with Gasteiger partial charge in [0.15, 0.2) is 5.82 Å². The molecule has 0 amide bonds. The monoisotopic (exact) mass is 282 g/mol. The van der Waals surface area contributed by atoms with E-state index >= 15 is 0 Å². The number of phenols is 1. The third-order valence-electron chi connectivity index (χ3n) is 2.67. The maximum atomic E-state index is 12.4. The first-order valence-corrected chi connectivity index (χ1v) is 6.83. The lowest BCUT2D eigenvalue weighted by atomic mass is 10.3. The second-order valence-electron chi connectivity index (χ2n) is 4.04. The van der Waals surface area contributed by atoms with Gasteiger partial charge in [-0.1, -0.05) is 0 Å². The SMILES string of the molecule is CN(c1ccc(O)cc1)S(=O)(=O)c1cn(C)nc1N. The molecule has 0 aliphatic carbocycles. The predicted octanol–water partition coefficient (Wildman–Crippen LogP) is 0.533. The summed E-state index contributed by atoms with van der Waals surface area (Å²) < 4.78 is 27.2. The van der Waals surface area contributed by atoms with E-state index in [4.69, 9.17) is 5.73 Å². The largest absolute Gasteiger partial charge is 0.508 e. The first-order chi connectivity index (χ1) is 8.82. The minimum atomic E-state index is -3.77. The number of sulfonamides is 1. The zero-order chi connectivity index (χ0) is 14.2. The van der Waals surface area contributed by atoms with Crippen molar-refractivity contribution in [1.82, 2.24) is 9.78 Å². The summed E-state index contributed by atoms with van der Waals surface area (Å²) in [6.45, 7) is 0. The third-order valence-corrected chi connectivity index (χ3v) is 4.48. The van der Waals surface area contributed by atoms with Gasteiger partial charge < -0.3 is 10.8 Å². The van der Waals surface area contributed by atoms with Gasteiger partial charge in [-0.3, -0.25) is 8.99 Å². The summed E-state index contributed by atoms with van der Waals surface area (Å²) in [5, 5.41) is 13.0. The molecule has 1 aromatic carbocycles. The summed E-state index contributed by atoms with van der Waals surface area (Å²) in [6, 6.07) is 5.82. The average molecular weight is 282 g/mol. The van der Waals surface area contributed by atoms with E-state index in [-0.39, 0.29) is 16.5 Å². The molecule has 19 heavy (non-hydrogen) atoms. The van der Waals surface area contributed by atoms with Crippen molar-refractivity contribution < 1.29 is 13.5 Å². The molecule has 0 atom stereocenters. The third kappa shape index (κ3) is 2.34. The number of nitrogens with zero attached hydrogens (tertiary/aromatic N) is 3. The number of hydrogen-bond donors (Lipinski definition) is 2. The standard InChI is InChI=1S/C11H14N4O3S/c1-14-7-10(11(12)13-14)19(17,18)15(2)8-3-5-9(16)6-4-8/h3-7,16H,1-2H3,(H2,12,13). The second-order valence-corrected chi connectivity index (χ2v) is 5.98. The highest BCUT2D eigenvalue weighted by atomic mass is 32.2. The lowest BCUT2D eigenvalue weighted by molar-refractivity contribution is 0.475.